The van der Waals surface area contributed by atoms with Gasteiger partial charge in [-0.25, -0.2) is 0 Å². The van der Waals surface area contributed by atoms with E-state index in [-0.39, 0.29) is 11.9 Å². The number of nitrogens with one attached hydrogen (secondary N) is 1. The van der Waals surface area contributed by atoms with Crippen molar-refractivity contribution in [3.8, 4) is 5.75 Å². The first-order valence-electron chi connectivity index (χ1n) is 8.51. The molecule has 2 rings (SSSR count). The molecule has 1 saturated heterocycles. The van der Waals surface area contributed by atoms with Crippen molar-refractivity contribution in [2.75, 3.05) is 18.2 Å². The quantitative estimate of drug-likeness (QED) is 0.390. The van der Waals surface area contributed by atoms with Gasteiger partial charge in [-0.15, -0.1) is 0 Å². The molecular weight excluding hydrogens is 358 g/mol. The van der Waals surface area contributed by atoms with E-state index in [9.17, 15) is 9.59 Å². The van der Waals surface area contributed by atoms with Gasteiger partial charge in [0.25, 0.3) is 5.91 Å². The van der Waals surface area contributed by atoms with Crippen LogP contribution in [-0.4, -0.2) is 36.1 Å². The third kappa shape index (κ3) is 7.20. The number of ether oxygens (including phenoxy) is 2. The highest BCUT2D eigenvalue weighted by molar-refractivity contribution is 8.77. The standard InChI is InChI=1S/C18H25NO4S2/c1-13(18(21)19-14-7-9-15(22-2)10-8-14)23-17(20)6-4-3-5-16-11-12-24-25-16/h7-10,13,16H,3-6,11-12H2,1-2H3,(H,19,21)/t13-,16-/m1/s1. The molecule has 2 atom stereocenters. The van der Waals surface area contributed by atoms with Crippen molar-refractivity contribution in [1.29, 1.82) is 0 Å². The molecular formula is C18H25NO4S2. The maximum Gasteiger partial charge on any atom is 0.306 e. The predicted molar refractivity (Wildman–Crippen MR) is 104 cm³/mol. The van der Waals surface area contributed by atoms with Crippen LogP contribution in [0.3, 0.4) is 0 Å². The number of anilines is 1. The summed E-state index contributed by atoms with van der Waals surface area (Å²) in [6.07, 6.45) is 3.81. The summed E-state index contributed by atoms with van der Waals surface area (Å²) in [5, 5.41) is 3.46. The third-order valence-electron chi connectivity index (χ3n) is 3.92. The summed E-state index contributed by atoms with van der Waals surface area (Å²) in [7, 11) is 5.48. The van der Waals surface area contributed by atoms with E-state index in [1.807, 2.05) is 21.6 Å². The van der Waals surface area contributed by atoms with Gasteiger partial charge in [0.2, 0.25) is 0 Å². The van der Waals surface area contributed by atoms with E-state index in [0.717, 1.165) is 24.5 Å². The lowest BCUT2D eigenvalue weighted by Crippen LogP contribution is -2.29. The molecule has 138 valence electrons. The average Bonchev–Trinajstić information content (AvgIpc) is 3.12. The SMILES string of the molecule is COc1ccc(NC(=O)[C@@H](C)OC(=O)CCCC[C@@H]2CCSS2)cc1. The fourth-order valence-corrected chi connectivity index (χ4v) is 5.46. The van der Waals surface area contributed by atoms with Crippen LogP contribution in [0.25, 0.3) is 0 Å². The maximum atomic E-state index is 12.1. The van der Waals surface area contributed by atoms with Crippen molar-refractivity contribution < 1.29 is 19.1 Å². The monoisotopic (exact) mass is 383 g/mol. The summed E-state index contributed by atoms with van der Waals surface area (Å²) < 4.78 is 10.3. The summed E-state index contributed by atoms with van der Waals surface area (Å²) in [4.78, 5) is 23.9. The second-order valence-electron chi connectivity index (χ2n) is 5.92. The van der Waals surface area contributed by atoms with Crippen LogP contribution in [0.15, 0.2) is 24.3 Å². The molecule has 1 aliphatic rings. The molecule has 1 aromatic rings. The maximum absolute atomic E-state index is 12.1. The van der Waals surface area contributed by atoms with E-state index in [2.05, 4.69) is 5.32 Å². The molecule has 1 amide bonds. The molecule has 0 saturated carbocycles. The number of hydrogen-bond acceptors (Lipinski definition) is 6. The molecule has 0 radical (unpaired) electrons. The summed E-state index contributed by atoms with van der Waals surface area (Å²) in [6, 6.07) is 7.00. The van der Waals surface area contributed by atoms with E-state index in [1.165, 1.54) is 12.2 Å². The summed E-state index contributed by atoms with van der Waals surface area (Å²) in [5.74, 6) is 1.30. The molecule has 0 aliphatic carbocycles. The van der Waals surface area contributed by atoms with Crippen LogP contribution >= 0.6 is 21.6 Å². The second-order valence-corrected chi connectivity index (χ2v) is 8.71. The average molecular weight is 384 g/mol. The number of esters is 1. The normalized spacial score (nSPS) is 17.8. The number of benzene rings is 1. The van der Waals surface area contributed by atoms with E-state index in [0.29, 0.717) is 17.9 Å². The molecule has 0 spiro atoms. The van der Waals surface area contributed by atoms with E-state index in [1.54, 1.807) is 38.3 Å². The van der Waals surface area contributed by atoms with Gasteiger partial charge < -0.3 is 14.8 Å². The minimum Gasteiger partial charge on any atom is -0.497 e. The Hall–Kier alpha value is -1.34. The minimum absolute atomic E-state index is 0.314. The van der Waals surface area contributed by atoms with Gasteiger partial charge in [0.15, 0.2) is 6.10 Å². The van der Waals surface area contributed by atoms with Crippen molar-refractivity contribution in [3.05, 3.63) is 24.3 Å². The number of rotatable bonds is 9. The largest absolute Gasteiger partial charge is 0.497 e. The van der Waals surface area contributed by atoms with Gasteiger partial charge in [-0.2, -0.15) is 0 Å². The molecule has 1 heterocycles. The van der Waals surface area contributed by atoms with Gasteiger partial charge in [0, 0.05) is 23.1 Å². The molecule has 0 unspecified atom stereocenters. The lowest BCUT2D eigenvalue weighted by molar-refractivity contribution is -0.153. The Labute approximate surface area is 157 Å². The van der Waals surface area contributed by atoms with Gasteiger partial charge in [0.05, 0.1) is 7.11 Å². The summed E-state index contributed by atoms with van der Waals surface area (Å²) in [6.45, 7) is 1.59. The van der Waals surface area contributed by atoms with Crippen molar-refractivity contribution >= 4 is 39.2 Å². The number of hydrogen-bond donors (Lipinski definition) is 1. The van der Waals surface area contributed by atoms with Crippen molar-refractivity contribution in [3.63, 3.8) is 0 Å². The minimum atomic E-state index is -0.809. The Balaban J connectivity index is 1.63. The Morgan fingerprint density at radius 3 is 2.68 bits per heavy atom. The van der Waals surface area contributed by atoms with Gasteiger partial charge in [-0.05, 0) is 50.5 Å². The van der Waals surface area contributed by atoms with Crippen LogP contribution in [0.5, 0.6) is 5.75 Å². The zero-order valence-corrected chi connectivity index (χ0v) is 16.3. The molecule has 25 heavy (non-hydrogen) atoms. The topological polar surface area (TPSA) is 64.6 Å². The molecule has 1 aromatic carbocycles. The molecule has 0 aromatic heterocycles. The summed E-state index contributed by atoms with van der Waals surface area (Å²) >= 11 is 0. The van der Waals surface area contributed by atoms with Gasteiger partial charge >= 0.3 is 5.97 Å². The van der Waals surface area contributed by atoms with Gasteiger partial charge in [-0.1, -0.05) is 28.0 Å². The lowest BCUT2D eigenvalue weighted by Gasteiger charge is -2.14. The molecule has 0 bridgehead atoms. The highest BCUT2D eigenvalue weighted by Crippen LogP contribution is 2.39. The molecule has 1 fully saturated rings. The van der Waals surface area contributed by atoms with Crippen molar-refractivity contribution in [2.24, 2.45) is 0 Å². The first-order chi connectivity index (χ1) is 12.1. The Morgan fingerprint density at radius 2 is 2.04 bits per heavy atom. The second kappa shape index (κ2) is 10.6. The van der Waals surface area contributed by atoms with E-state index in [4.69, 9.17) is 9.47 Å². The number of carbonyl (C=O) groups is 2. The predicted octanol–water partition coefficient (Wildman–Crippen LogP) is 4.28. The van der Waals surface area contributed by atoms with Crippen LogP contribution in [0, 0.1) is 0 Å². The first-order valence-corrected chi connectivity index (χ1v) is 10.9. The number of carbonyl (C=O) groups excluding carboxylic acids is 2. The lowest BCUT2D eigenvalue weighted by atomic mass is 10.1. The number of amides is 1. The van der Waals surface area contributed by atoms with Crippen LogP contribution in [0.4, 0.5) is 5.69 Å². The molecule has 1 N–H and O–H groups in total. The number of methoxy groups -OCH3 is 1. The number of unbranched alkanes of at least 4 members (excludes halogenated alkanes) is 1. The van der Waals surface area contributed by atoms with Crippen LogP contribution in [0.1, 0.15) is 39.0 Å². The molecule has 1 aliphatic heterocycles. The summed E-state index contributed by atoms with van der Waals surface area (Å²) in [5.41, 5.74) is 0.639. The third-order valence-corrected chi connectivity index (χ3v) is 6.93. The zero-order chi connectivity index (χ0) is 18.1. The van der Waals surface area contributed by atoms with Gasteiger partial charge in [-0.3, -0.25) is 9.59 Å². The van der Waals surface area contributed by atoms with Crippen LogP contribution in [0.2, 0.25) is 0 Å². The Morgan fingerprint density at radius 1 is 1.28 bits per heavy atom. The fraction of sp³-hybridized carbons (Fsp3) is 0.556. The van der Waals surface area contributed by atoms with Crippen LogP contribution in [-0.2, 0) is 14.3 Å². The van der Waals surface area contributed by atoms with Gasteiger partial charge in [0.1, 0.15) is 5.75 Å². The Bertz CT molecular complexity index is 559. The van der Waals surface area contributed by atoms with Crippen molar-refractivity contribution in [2.45, 2.75) is 50.4 Å². The molecule has 5 nitrogen and oxygen atoms in total. The van der Waals surface area contributed by atoms with Crippen LogP contribution < -0.4 is 10.1 Å². The van der Waals surface area contributed by atoms with E-state index < -0.39 is 6.10 Å². The Kier molecular flexibility index (Phi) is 8.48. The molecule has 7 heteroatoms. The fourth-order valence-electron chi connectivity index (χ4n) is 2.43. The van der Waals surface area contributed by atoms with E-state index >= 15 is 0 Å². The smallest absolute Gasteiger partial charge is 0.306 e. The highest BCUT2D eigenvalue weighted by Gasteiger charge is 2.19. The highest BCUT2D eigenvalue weighted by atomic mass is 33.1. The first kappa shape index (κ1) is 20.0. The zero-order valence-electron chi connectivity index (χ0n) is 14.7. The van der Waals surface area contributed by atoms with Crippen molar-refractivity contribution in [1.82, 2.24) is 0 Å².